The molecule has 1 N–H and O–H groups in total. The molecular formula is C20H20ClFN2O3. The van der Waals surface area contributed by atoms with Crippen LogP contribution in [-0.4, -0.2) is 46.2 Å². The van der Waals surface area contributed by atoms with Gasteiger partial charge in [0.05, 0.1) is 11.1 Å². The first-order chi connectivity index (χ1) is 13.0. The molecule has 27 heavy (non-hydrogen) atoms. The maximum absolute atomic E-state index is 13.0. The maximum Gasteiger partial charge on any atom is 0.272 e. The van der Waals surface area contributed by atoms with Crippen LogP contribution in [0.3, 0.4) is 0 Å². The average molecular weight is 391 g/mol. The third-order valence-corrected chi connectivity index (χ3v) is 5.64. The van der Waals surface area contributed by atoms with E-state index in [4.69, 9.17) is 16.3 Å². The van der Waals surface area contributed by atoms with Crippen LogP contribution in [0.15, 0.2) is 42.6 Å². The predicted molar refractivity (Wildman–Crippen MR) is 98.2 cm³/mol. The van der Waals surface area contributed by atoms with Gasteiger partial charge in [0.2, 0.25) is 0 Å². The second-order valence-corrected chi connectivity index (χ2v) is 7.68. The molecule has 1 aliphatic carbocycles. The number of rotatable bonds is 3. The maximum atomic E-state index is 13.0. The first-order valence-corrected chi connectivity index (χ1v) is 9.38. The summed E-state index contributed by atoms with van der Waals surface area (Å²) in [6.07, 6.45) is 1.73. The lowest BCUT2D eigenvalue weighted by Gasteiger charge is -2.35. The van der Waals surface area contributed by atoms with Crippen molar-refractivity contribution in [1.29, 1.82) is 0 Å². The Morgan fingerprint density at radius 1 is 1.15 bits per heavy atom. The van der Waals surface area contributed by atoms with Crippen molar-refractivity contribution in [3.05, 3.63) is 59.1 Å². The number of aliphatic hydroxyl groups excluding tert-OH is 1. The Hall–Kier alpha value is -2.18. The Bertz CT molecular complexity index is 815. The van der Waals surface area contributed by atoms with Gasteiger partial charge in [0, 0.05) is 19.3 Å². The molecule has 4 atom stereocenters. The second-order valence-electron chi connectivity index (χ2n) is 7.24. The second kappa shape index (κ2) is 7.44. The molecule has 1 aliphatic heterocycles. The summed E-state index contributed by atoms with van der Waals surface area (Å²) >= 11 is 5.83. The van der Waals surface area contributed by atoms with Crippen molar-refractivity contribution in [2.24, 2.45) is 11.8 Å². The number of hydrogen-bond acceptors (Lipinski definition) is 4. The van der Waals surface area contributed by atoms with E-state index in [2.05, 4.69) is 4.98 Å². The van der Waals surface area contributed by atoms with Crippen LogP contribution in [0, 0.1) is 17.7 Å². The number of halogens is 2. The van der Waals surface area contributed by atoms with Gasteiger partial charge in [-0.1, -0.05) is 11.6 Å². The lowest BCUT2D eigenvalue weighted by Crippen LogP contribution is -2.42. The number of pyridine rings is 1. The Balaban J connectivity index is 1.41. The fourth-order valence-electron chi connectivity index (χ4n) is 4.04. The average Bonchev–Trinajstić information content (AvgIpc) is 3.06. The zero-order valence-electron chi connectivity index (χ0n) is 14.6. The van der Waals surface area contributed by atoms with Gasteiger partial charge in [-0.25, -0.2) is 9.37 Å². The number of fused-ring (bicyclic) bond motifs is 1. The van der Waals surface area contributed by atoms with Crippen molar-refractivity contribution in [2.45, 2.75) is 25.0 Å². The molecule has 7 heteroatoms. The Morgan fingerprint density at radius 3 is 2.52 bits per heavy atom. The quantitative estimate of drug-likeness (QED) is 0.874. The molecule has 4 rings (SSSR count). The minimum absolute atomic E-state index is 0.119. The zero-order valence-corrected chi connectivity index (χ0v) is 15.3. The van der Waals surface area contributed by atoms with Gasteiger partial charge in [0.25, 0.3) is 5.91 Å². The van der Waals surface area contributed by atoms with Crippen LogP contribution in [0.1, 0.15) is 23.3 Å². The van der Waals surface area contributed by atoms with E-state index < -0.39 is 6.10 Å². The number of carbonyl (C=O) groups is 1. The van der Waals surface area contributed by atoms with Gasteiger partial charge >= 0.3 is 0 Å². The molecule has 0 bridgehead atoms. The third kappa shape index (κ3) is 3.92. The van der Waals surface area contributed by atoms with Crippen molar-refractivity contribution in [3.63, 3.8) is 0 Å². The summed E-state index contributed by atoms with van der Waals surface area (Å²) < 4.78 is 18.9. The van der Waals surface area contributed by atoms with Crippen LogP contribution in [0.2, 0.25) is 5.02 Å². The van der Waals surface area contributed by atoms with Gasteiger partial charge in [-0.3, -0.25) is 4.79 Å². The fourth-order valence-corrected chi connectivity index (χ4v) is 4.15. The van der Waals surface area contributed by atoms with E-state index >= 15 is 0 Å². The Labute approximate surface area is 161 Å². The van der Waals surface area contributed by atoms with E-state index in [1.165, 1.54) is 18.3 Å². The molecule has 0 spiro atoms. The number of likely N-dealkylation sites (tertiary alicyclic amines) is 1. The summed E-state index contributed by atoms with van der Waals surface area (Å²) in [6.45, 7) is 1.22. The van der Waals surface area contributed by atoms with E-state index in [1.54, 1.807) is 29.2 Å². The van der Waals surface area contributed by atoms with Crippen molar-refractivity contribution < 1.29 is 19.0 Å². The number of aliphatic hydroxyl groups is 1. The van der Waals surface area contributed by atoms with Crippen LogP contribution in [0.4, 0.5) is 4.39 Å². The summed E-state index contributed by atoms with van der Waals surface area (Å²) in [4.78, 5) is 18.6. The van der Waals surface area contributed by atoms with Crippen molar-refractivity contribution >= 4 is 17.5 Å². The fraction of sp³-hybridized carbons (Fsp3) is 0.400. The van der Waals surface area contributed by atoms with Crippen LogP contribution in [-0.2, 0) is 0 Å². The van der Waals surface area contributed by atoms with Crippen LogP contribution >= 0.6 is 11.6 Å². The SMILES string of the molecule is O=C(c1ccc(Cl)cn1)N1C[C@H]2C[C@@H](Oc3ccc(F)cc3)[C@H](O)C[C@H]2C1. The number of ether oxygens (including phenoxy) is 1. The summed E-state index contributed by atoms with van der Waals surface area (Å²) in [5.74, 6) is 0.591. The van der Waals surface area contributed by atoms with Crippen molar-refractivity contribution in [3.8, 4) is 5.75 Å². The van der Waals surface area contributed by atoms with E-state index in [-0.39, 0.29) is 29.7 Å². The number of amides is 1. The molecule has 0 unspecified atom stereocenters. The molecule has 142 valence electrons. The molecule has 2 heterocycles. The topological polar surface area (TPSA) is 62.7 Å². The first kappa shape index (κ1) is 18.2. The number of aromatic nitrogens is 1. The molecule has 5 nitrogen and oxygen atoms in total. The van der Waals surface area contributed by atoms with Gasteiger partial charge in [-0.05, 0) is 61.1 Å². The minimum Gasteiger partial charge on any atom is -0.488 e. The molecular weight excluding hydrogens is 371 g/mol. The van der Waals surface area contributed by atoms with Gasteiger partial charge in [0.1, 0.15) is 23.4 Å². The molecule has 2 aromatic rings. The lowest BCUT2D eigenvalue weighted by atomic mass is 9.78. The van der Waals surface area contributed by atoms with E-state index in [1.807, 2.05) is 0 Å². The van der Waals surface area contributed by atoms with Gasteiger partial charge in [-0.2, -0.15) is 0 Å². The highest BCUT2D eigenvalue weighted by atomic mass is 35.5. The number of benzene rings is 1. The van der Waals surface area contributed by atoms with Crippen molar-refractivity contribution in [2.75, 3.05) is 13.1 Å². The van der Waals surface area contributed by atoms with Crippen molar-refractivity contribution in [1.82, 2.24) is 9.88 Å². The first-order valence-electron chi connectivity index (χ1n) is 9.00. The smallest absolute Gasteiger partial charge is 0.272 e. The summed E-state index contributed by atoms with van der Waals surface area (Å²) in [5.41, 5.74) is 0.373. The van der Waals surface area contributed by atoms with Crippen LogP contribution in [0.25, 0.3) is 0 Å². The number of carbonyl (C=O) groups excluding carboxylic acids is 1. The third-order valence-electron chi connectivity index (χ3n) is 5.42. The standard InChI is InChI=1S/C20H20ClFN2O3/c21-14-1-6-17(23-9-14)20(26)24-10-12-7-18(25)19(8-13(12)11-24)27-16-4-2-15(22)3-5-16/h1-6,9,12-13,18-19,25H,7-8,10-11H2/t12-,13+,18+,19+/m0/s1. The van der Waals surface area contributed by atoms with Gasteiger partial charge < -0.3 is 14.7 Å². The van der Waals surface area contributed by atoms with Gasteiger partial charge in [-0.15, -0.1) is 0 Å². The molecule has 1 aromatic heterocycles. The summed E-state index contributed by atoms with van der Waals surface area (Å²) in [6, 6.07) is 9.07. The molecule has 1 amide bonds. The highest BCUT2D eigenvalue weighted by molar-refractivity contribution is 6.30. The zero-order chi connectivity index (χ0) is 19.0. The molecule has 1 aromatic carbocycles. The molecule has 0 radical (unpaired) electrons. The summed E-state index contributed by atoms with van der Waals surface area (Å²) in [7, 11) is 0. The molecule has 1 saturated heterocycles. The lowest BCUT2D eigenvalue weighted by molar-refractivity contribution is -0.0231. The van der Waals surface area contributed by atoms with Crippen LogP contribution in [0.5, 0.6) is 5.75 Å². The Morgan fingerprint density at radius 2 is 1.85 bits per heavy atom. The number of hydrogen-bond donors (Lipinski definition) is 1. The minimum atomic E-state index is -0.611. The Kier molecular flexibility index (Phi) is 5.02. The predicted octanol–water partition coefficient (Wildman–Crippen LogP) is 3.16. The van der Waals surface area contributed by atoms with E-state index in [0.29, 0.717) is 42.4 Å². The molecule has 1 saturated carbocycles. The summed E-state index contributed by atoms with van der Waals surface area (Å²) in [5, 5.41) is 11.0. The normalized spacial score (nSPS) is 27.3. The number of nitrogens with zero attached hydrogens (tertiary/aromatic N) is 2. The van der Waals surface area contributed by atoms with E-state index in [0.717, 1.165) is 0 Å². The van der Waals surface area contributed by atoms with Gasteiger partial charge in [0.15, 0.2) is 0 Å². The van der Waals surface area contributed by atoms with Crippen LogP contribution < -0.4 is 4.74 Å². The monoisotopic (exact) mass is 390 g/mol. The molecule has 2 aliphatic rings. The molecule has 2 fully saturated rings. The largest absolute Gasteiger partial charge is 0.488 e. The highest BCUT2D eigenvalue weighted by Crippen LogP contribution is 2.38. The highest BCUT2D eigenvalue weighted by Gasteiger charge is 2.44. The van der Waals surface area contributed by atoms with E-state index in [9.17, 15) is 14.3 Å².